The summed E-state index contributed by atoms with van der Waals surface area (Å²) in [7, 11) is 0. The SMILES string of the molecule is O=C(CC(Cc1ccc2ccccc2c1)n1cc(CNC(=O)c2ccc(F)cc2F)nn1)NO. The maximum atomic E-state index is 13.8. The van der Waals surface area contributed by atoms with E-state index in [1.165, 1.54) is 4.68 Å². The van der Waals surface area contributed by atoms with Gasteiger partial charge in [-0.25, -0.2) is 18.9 Å². The van der Waals surface area contributed by atoms with Crippen LogP contribution in [0.5, 0.6) is 0 Å². The van der Waals surface area contributed by atoms with Crippen LogP contribution in [0.2, 0.25) is 0 Å². The second-order valence-electron chi connectivity index (χ2n) is 7.78. The van der Waals surface area contributed by atoms with Gasteiger partial charge >= 0.3 is 0 Å². The monoisotopic (exact) mass is 465 g/mol. The number of carbonyl (C=O) groups excluding carboxylic acids is 2. The van der Waals surface area contributed by atoms with E-state index >= 15 is 0 Å². The number of fused-ring (bicyclic) bond motifs is 1. The lowest BCUT2D eigenvalue weighted by molar-refractivity contribution is -0.130. The van der Waals surface area contributed by atoms with Gasteiger partial charge in [0.15, 0.2) is 0 Å². The van der Waals surface area contributed by atoms with Gasteiger partial charge < -0.3 is 5.32 Å². The summed E-state index contributed by atoms with van der Waals surface area (Å²) < 4.78 is 28.3. The summed E-state index contributed by atoms with van der Waals surface area (Å²) in [6, 6.07) is 16.1. The van der Waals surface area contributed by atoms with Gasteiger partial charge in [-0.05, 0) is 34.9 Å². The van der Waals surface area contributed by atoms with Gasteiger partial charge in [-0.1, -0.05) is 47.7 Å². The van der Waals surface area contributed by atoms with Crippen LogP contribution in [0.1, 0.15) is 34.1 Å². The molecule has 0 radical (unpaired) electrons. The van der Waals surface area contributed by atoms with Crippen molar-refractivity contribution in [2.45, 2.75) is 25.4 Å². The Hall–Kier alpha value is -4.18. The summed E-state index contributed by atoms with van der Waals surface area (Å²) in [4.78, 5) is 24.1. The molecule has 4 aromatic rings. The molecule has 174 valence electrons. The maximum Gasteiger partial charge on any atom is 0.254 e. The molecule has 1 heterocycles. The maximum absolute atomic E-state index is 13.8. The third kappa shape index (κ3) is 5.41. The molecular formula is C24H21F2N5O3. The van der Waals surface area contributed by atoms with E-state index in [1.54, 1.807) is 11.7 Å². The minimum absolute atomic E-state index is 0.0511. The van der Waals surface area contributed by atoms with Crippen LogP contribution < -0.4 is 10.8 Å². The zero-order valence-corrected chi connectivity index (χ0v) is 17.9. The first-order valence-corrected chi connectivity index (χ1v) is 10.5. The number of hydrogen-bond donors (Lipinski definition) is 3. The van der Waals surface area contributed by atoms with E-state index in [2.05, 4.69) is 15.6 Å². The van der Waals surface area contributed by atoms with E-state index in [-0.39, 0.29) is 18.5 Å². The summed E-state index contributed by atoms with van der Waals surface area (Å²) >= 11 is 0. The van der Waals surface area contributed by atoms with Gasteiger partial charge in [-0.3, -0.25) is 14.8 Å². The number of nitrogens with one attached hydrogen (secondary N) is 2. The first kappa shape index (κ1) is 23.0. The number of hydroxylamine groups is 1. The highest BCUT2D eigenvalue weighted by molar-refractivity contribution is 5.94. The fourth-order valence-corrected chi connectivity index (χ4v) is 3.67. The van der Waals surface area contributed by atoms with Crippen LogP contribution in [0.15, 0.2) is 66.9 Å². The van der Waals surface area contributed by atoms with E-state index in [0.717, 1.165) is 28.5 Å². The van der Waals surface area contributed by atoms with E-state index in [9.17, 15) is 18.4 Å². The Morgan fingerprint density at radius 1 is 1.03 bits per heavy atom. The number of hydrogen-bond acceptors (Lipinski definition) is 5. The van der Waals surface area contributed by atoms with Crippen molar-refractivity contribution < 1.29 is 23.6 Å². The van der Waals surface area contributed by atoms with E-state index in [4.69, 9.17) is 5.21 Å². The van der Waals surface area contributed by atoms with Gasteiger partial charge in [-0.15, -0.1) is 5.10 Å². The minimum atomic E-state index is -0.966. The van der Waals surface area contributed by atoms with Crippen LogP contribution in [-0.4, -0.2) is 32.0 Å². The zero-order valence-electron chi connectivity index (χ0n) is 17.9. The molecule has 2 amide bonds. The summed E-state index contributed by atoms with van der Waals surface area (Å²) in [6.45, 7) is -0.0511. The molecular weight excluding hydrogens is 444 g/mol. The molecule has 0 fully saturated rings. The number of benzene rings is 3. The van der Waals surface area contributed by atoms with E-state index < -0.39 is 29.5 Å². The van der Waals surface area contributed by atoms with E-state index in [1.807, 2.05) is 42.5 Å². The van der Waals surface area contributed by atoms with Crippen molar-refractivity contribution in [1.29, 1.82) is 0 Å². The standard InChI is InChI=1S/C24H21F2N5O3/c25-18-7-8-21(22(26)11-18)24(33)27-13-19-14-31(30-28-19)20(12-23(32)29-34)10-15-5-6-16-3-1-2-4-17(16)9-15/h1-9,11,14,20,34H,10,12-13H2,(H,27,33)(H,29,32). The highest BCUT2D eigenvalue weighted by Gasteiger charge is 2.19. The second-order valence-corrected chi connectivity index (χ2v) is 7.78. The van der Waals surface area contributed by atoms with Crippen molar-refractivity contribution in [3.05, 3.63) is 95.3 Å². The summed E-state index contributed by atoms with van der Waals surface area (Å²) in [5.41, 5.74) is 2.69. The smallest absolute Gasteiger partial charge is 0.254 e. The number of aromatic nitrogens is 3. The lowest BCUT2D eigenvalue weighted by Gasteiger charge is -2.16. The van der Waals surface area contributed by atoms with Crippen LogP contribution in [0.25, 0.3) is 10.8 Å². The lowest BCUT2D eigenvalue weighted by Crippen LogP contribution is -2.25. The predicted octanol–water partition coefficient (Wildman–Crippen LogP) is 3.32. The molecule has 3 aromatic carbocycles. The Balaban J connectivity index is 1.48. The number of amides is 2. The van der Waals surface area contributed by atoms with E-state index in [0.29, 0.717) is 18.2 Å². The van der Waals surface area contributed by atoms with Crippen molar-refractivity contribution in [3.63, 3.8) is 0 Å². The Morgan fingerprint density at radius 3 is 2.59 bits per heavy atom. The molecule has 3 N–H and O–H groups in total. The van der Waals surface area contributed by atoms with Gasteiger partial charge in [-0.2, -0.15) is 0 Å². The number of halogens is 2. The normalized spacial score (nSPS) is 11.9. The number of rotatable bonds is 8. The molecule has 10 heteroatoms. The van der Waals surface area contributed by atoms with Crippen LogP contribution in [0, 0.1) is 11.6 Å². The Bertz CT molecular complexity index is 1340. The molecule has 8 nitrogen and oxygen atoms in total. The summed E-state index contributed by atoms with van der Waals surface area (Å²) in [5, 5.41) is 21.7. The van der Waals surface area contributed by atoms with Gasteiger partial charge in [0.2, 0.25) is 5.91 Å². The van der Waals surface area contributed by atoms with Crippen LogP contribution >= 0.6 is 0 Å². The lowest BCUT2D eigenvalue weighted by atomic mass is 10.00. The van der Waals surface area contributed by atoms with Crippen LogP contribution in [0.3, 0.4) is 0 Å². The fraction of sp³-hybridized carbons (Fsp3) is 0.167. The summed E-state index contributed by atoms with van der Waals surface area (Å²) in [5.74, 6) is -3.05. The highest BCUT2D eigenvalue weighted by atomic mass is 19.1. The Kier molecular flexibility index (Phi) is 6.88. The third-order valence-electron chi connectivity index (χ3n) is 5.37. The van der Waals surface area contributed by atoms with Crippen molar-refractivity contribution in [2.75, 3.05) is 0 Å². The molecule has 1 aromatic heterocycles. The van der Waals surface area contributed by atoms with Crippen LogP contribution in [-0.2, 0) is 17.8 Å². The van der Waals surface area contributed by atoms with Crippen molar-refractivity contribution in [1.82, 2.24) is 25.8 Å². The number of carbonyl (C=O) groups is 2. The fourth-order valence-electron chi connectivity index (χ4n) is 3.67. The average molecular weight is 465 g/mol. The Morgan fingerprint density at radius 2 is 1.82 bits per heavy atom. The van der Waals surface area contributed by atoms with Crippen LogP contribution in [0.4, 0.5) is 8.78 Å². The molecule has 34 heavy (non-hydrogen) atoms. The summed E-state index contributed by atoms with van der Waals surface area (Å²) in [6.07, 6.45) is 1.95. The van der Waals surface area contributed by atoms with Gasteiger partial charge in [0.1, 0.15) is 17.3 Å². The molecule has 1 atom stereocenters. The average Bonchev–Trinajstić information content (AvgIpc) is 3.31. The predicted molar refractivity (Wildman–Crippen MR) is 119 cm³/mol. The van der Waals surface area contributed by atoms with Gasteiger partial charge in [0.25, 0.3) is 5.91 Å². The molecule has 0 saturated heterocycles. The molecule has 0 aliphatic heterocycles. The minimum Gasteiger partial charge on any atom is -0.346 e. The molecule has 4 rings (SSSR count). The van der Waals surface area contributed by atoms with Crippen molar-refractivity contribution >= 4 is 22.6 Å². The topological polar surface area (TPSA) is 109 Å². The first-order valence-electron chi connectivity index (χ1n) is 10.5. The quantitative estimate of drug-likeness (QED) is 0.273. The molecule has 0 aliphatic rings. The van der Waals surface area contributed by atoms with Gasteiger partial charge in [0, 0.05) is 6.07 Å². The van der Waals surface area contributed by atoms with Crippen molar-refractivity contribution in [2.24, 2.45) is 0 Å². The molecule has 0 aliphatic carbocycles. The zero-order chi connectivity index (χ0) is 24.1. The molecule has 0 bridgehead atoms. The molecule has 1 unspecified atom stereocenters. The Labute approximate surface area is 193 Å². The molecule has 0 spiro atoms. The largest absolute Gasteiger partial charge is 0.346 e. The first-order chi connectivity index (χ1) is 16.4. The van der Waals surface area contributed by atoms with Crippen molar-refractivity contribution in [3.8, 4) is 0 Å². The third-order valence-corrected chi connectivity index (χ3v) is 5.37. The number of nitrogens with zero attached hydrogens (tertiary/aromatic N) is 3. The highest BCUT2D eigenvalue weighted by Crippen LogP contribution is 2.22. The molecule has 0 saturated carbocycles. The second kappa shape index (κ2) is 10.2. The van der Waals surface area contributed by atoms with Gasteiger partial charge in [0.05, 0.1) is 30.8 Å².